The molecule has 0 spiro atoms. The third-order valence-corrected chi connectivity index (χ3v) is 3.96. The predicted octanol–water partition coefficient (Wildman–Crippen LogP) is 1.29. The van der Waals surface area contributed by atoms with Gasteiger partial charge in [0, 0.05) is 4.47 Å². The Kier molecular flexibility index (Phi) is 6.40. The van der Waals surface area contributed by atoms with Crippen LogP contribution in [0.4, 0.5) is 4.79 Å². The lowest BCUT2D eigenvalue weighted by Crippen LogP contribution is -2.35. The minimum atomic E-state index is -1.32. The fraction of sp³-hybridized carbons (Fsp3) is 0.250. The molecule has 3 amide bonds. The minimum absolute atomic E-state index is 0.108. The van der Waals surface area contributed by atoms with E-state index in [1.165, 1.54) is 18.2 Å². The molecule has 3 N–H and O–H groups in total. The number of carbonyl (C=O) groups excluding carboxylic acids is 2. The van der Waals surface area contributed by atoms with E-state index in [0.717, 1.165) is 0 Å². The van der Waals surface area contributed by atoms with Crippen LogP contribution in [-0.4, -0.2) is 58.7 Å². The molecule has 1 aliphatic rings. The molecule has 1 saturated heterocycles. The van der Waals surface area contributed by atoms with Crippen molar-refractivity contribution in [1.82, 2.24) is 10.2 Å². The Balaban J connectivity index is 2.35. The Bertz CT molecular complexity index is 836. The molecule has 10 nitrogen and oxygen atoms in total. The monoisotopic (exact) mass is 442 g/mol. The van der Waals surface area contributed by atoms with E-state index in [2.05, 4.69) is 21.2 Å². The largest absolute Gasteiger partial charge is 0.490 e. The number of rotatable bonds is 8. The highest BCUT2D eigenvalue weighted by Crippen LogP contribution is 2.35. The van der Waals surface area contributed by atoms with Gasteiger partial charge in [-0.3, -0.25) is 9.59 Å². The number of amides is 3. The molecule has 0 saturated carbocycles. The summed E-state index contributed by atoms with van der Waals surface area (Å²) in [7, 11) is 0. The summed E-state index contributed by atoms with van der Waals surface area (Å²) >= 11 is 3.28. The summed E-state index contributed by atoms with van der Waals surface area (Å²) in [5.74, 6) is -2.83. The number of hydrogen-bond donors (Lipinski definition) is 3. The number of urea groups is 1. The summed E-state index contributed by atoms with van der Waals surface area (Å²) in [6.45, 7) is 0.690. The molecular formula is C16H15BrN2O8. The molecule has 0 aromatic heterocycles. The zero-order valence-electron chi connectivity index (χ0n) is 14.0. The molecular weight excluding hydrogens is 428 g/mol. The van der Waals surface area contributed by atoms with Crippen LogP contribution in [0.25, 0.3) is 6.08 Å². The molecule has 0 radical (unpaired) electrons. The Morgan fingerprint density at radius 2 is 1.85 bits per heavy atom. The second-order valence-corrected chi connectivity index (χ2v) is 6.06. The zero-order chi connectivity index (χ0) is 20.1. The Labute approximate surface area is 161 Å². The number of aliphatic carboxylic acids is 2. The number of carboxylic acid groups (broad SMARTS) is 2. The first-order chi connectivity index (χ1) is 12.7. The second-order valence-electron chi connectivity index (χ2n) is 5.21. The smallest absolute Gasteiger partial charge is 0.341 e. The molecule has 27 heavy (non-hydrogen) atoms. The van der Waals surface area contributed by atoms with Crippen molar-refractivity contribution in [3.8, 4) is 11.5 Å². The number of imide groups is 1. The van der Waals surface area contributed by atoms with Crippen molar-refractivity contribution in [2.24, 2.45) is 0 Å². The molecule has 0 atom stereocenters. The van der Waals surface area contributed by atoms with Crippen LogP contribution in [0.1, 0.15) is 12.5 Å². The van der Waals surface area contributed by atoms with Crippen LogP contribution in [0.2, 0.25) is 0 Å². The van der Waals surface area contributed by atoms with Gasteiger partial charge >= 0.3 is 18.0 Å². The maximum absolute atomic E-state index is 12.2. The molecule has 1 aromatic carbocycles. The van der Waals surface area contributed by atoms with Crippen LogP contribution >= 0.6 is 15.9 Å². The molecule has 1 heterocycles. The van der Waals surface area contributed by atoms with Gasteiger partial charge in [0.15, 0.2) is 18.1 Å². The van der Waals surface area contributed by atoms with Crippen molar-refractivity contribution in [3.63, 3.8) is 0 Å². The highest BCUT2D eigenvalue weighted by molar-refractivity contribution is 9.10. The van der Waals surface area contributed by atoms with Gasteiger partial charge in [0.2, 0.25) is 0 Å². The quantitative estimate of drug-likeness (QED) is 0.403. The van der Waals surface area contributed by atoms with Crippen molar-refractivity contribution in [3.05, 3.63) is 27.9 Å². The maximum atomic E-state index is 12.2. The van der Waals surface area contributed by atoms with Crippen molar-refractivity contribution in [1.29, 1.82) is 0 Å². The number of nitrogens with zero attached hydrogens (tertiary/aromatic N) is 1. The van der Waals surface area contributed by atoms with Crippen LogP contribution in [0.3, 0.4) is 0 Å². The molecule has 144 valence electrons. The van der Waals surface area contributed by atoms with Gasteiger partial charge in [0.05, 0.1) is 6.61 Å². The fourth-order valence-electron chi connectivity index (χ4n) is 2.19. The normalized spacial score (nSPS) is 15.0. The molecule has 11 heteroatoms. The first kappa shape index (κ1) is 20.2. The van der Waals surface area contributed by atoms with Crippen LogP contribution in [-0.2, 0) is 14.4 Å². The van der Waals surface area contributed by atoms with Crippen molar-refractivity contribution >= 4 is 45.9 Å². The summed E-state index contributed by atoms with van der Waals surface area (Å²) in [5.41, 5.74) is 0.325. The van der Waals surface area contributed by atoms with E-state index >= 15 is 0 Å². The third-order valence-electron chi connectivity index (χ3n) is 3.27. The lowest BCUT2D eigenvalue weighted by molar-refractivity contribution is -0.140. The molecule has 1 aromatic rings. The second kappa shape index (κ2) is 8.54. The number of nitrogens with one attached hydrogen (secondary N) is 1. The number of halogens is 1. The molecule has 1 aliphatic heterocycles. The number of benzene rings is 1. The van der Waals surface area contributed by atoms with E-state index in [9.17, 15) is 19.2 Å². The van der Waals surface area contributed by atoms with E-state index in [0.29, 0.717) is 14.9 Å². The third kappa shape index (κ3) is 4.97. The fourth-order valence-corrected chi connectivity index (χ4v) is 2.62. The van der Waals surface area contributed by atoms with Gasteiger partial charge in [-0.05, 0) is 30.7 Å². The van der Waals surface area contributed by atoms with Crippen LogP contribution in [0.5, 0.6) is 11.5 Å². The Morgan fingerprint density at radius 3 is 2.44 bits per heavy atom. The van der Waals surface area contributed by atoms with E-state index < -0.39 is 37.0 Å². The summed E-state index contributed by atoms with van der Waals surface area (Å²) in [4.78, 5) is 46.0. The topological polar surface area (TPSA) is 142 Å². The van der Waals surface area contributed by atoms with Crippen LogP contribution < -0.4 is 14.8 Å². The molecule has 2 rings (SSSR count). The van der Waals surface area contributed by atoms with Gasteiger partial charge < -0.3 is 25.0 Å². The van der Waals surface area contributed by atoms with E-state index in [1.807, 2.05) is 0 Å². The SMILES string of the molecule is CCOc1cc(/C=C2/NC(=O)N(CC(=O)O)C2=O)c(Br)cc1OCC(=O)O. The highest BCUT2D eigenvalue weighted by Gasteiger charge is 2.35. The van der Waals surface area contributed by atoms with Crippen molar-refractivity contribution < 1.29 is 38.9 Å². The summed E-state index contributed by atoms with van der Waals surface area (Å²) in [6, 6.07) is 2.13. The number of hydrogen-bond acceptors (Lipinski definition) is 6. The molecule has 0 bridgehead atoms. The number of ether oxygens (including phenoxy) is 2. The number of carboxylic acids is 2. The minimum Gasteiger partial charge on any atom is -0.490 e. The highest BCUT2D eigenvalue weighted by atomic mass is 79.9. The lowest BCUT2D eigenvalue weighted by Gasteiger charge is -2.13. The van der Waals surface area contributed by atoms with E-state index in [4.69, 9.17) is 19.7 Å². The first-order valence-electron chi connectivity index (χ1n) is 7.60. The van der Waals surface area contributed by atoms with Gasteiger partial charge in [-0.2, -0.15) is 0 Å². The average Bonchev–Trinajstić information content (AvgIpc) is 2.83. The van der Waals surface area contributed by atoms with Gasteiger partial charge in [0.25, 0.3) is 5.91 Å². The zero-order valence-corrected chi connectivity index (χ0v) is 15.6. The summed E-state index contributed by atoms with van der Waals surface area (Å²) < 4.78 is 11.0. The molecule has 1 fully saturated rings. The Hall–Kier alpha value is -3.08. The predicted molar refractivity (Wildman–Crippen MR) is 94.3 cm³/mol. The van der Waals surface area contributed by atoms with E-state index in [1.54, 1.807) is 6.92 Å². The number of carbonyl (C=O) groups is 4. The van der Waals surface area contributed by atoms with Crippen LogP contribution in [0.15, 0.2) is 22.3 Å². The maximum Gasteiger partial charge on any atom is 0.341 e. The standard InChI is InChI=1S/C16H15BrN2O8/c1-2-26-11-4-8(9(17)5-12(11)27-7-14(22)23)3-10-15(24)19(6-13(20)21)16(25)18-10/h3-5H,2,6-7H2,1H3,(H,18,25)(H,20,21)(H,22,23)/b10-3+. The lowest BCUT2D eigenvalue weighted by atomic mass is 10.1. The van der Waals surface area contributed by atoms with Crippen molar-refractivity contribution in [2.75, 3.05) is 19.8 Å². The first-order valence-corrected chi connectivity index (χ1v) is 8.39. The molecule has 0 unspecified atom stereocenters. The van der Waals surface area contributed by atoms with Crippen molar-refractivity contribution in [2.45, 2.75) is 6.92 Å². The van der Waals surface area contributed by atoms with Gasteiger partial charge in [0.1, 0.15) is 12.2 Å². The Morgan fingerprint density at radius 1 is 1.19 bits per heavy atom. The van der Waals surface area contributed by atoms with Gasteiger partial charge in [-0.1, -0.05) is 15.9 Å². The van der Waals surface area contributed by atoms with Gasteiger partial charge in [-0.25, -0.2) is 14.5 Å². The van der Waals surface area contributed by atoms with Gasteiger partial charge in [-0.15, -0.1) is 0 Å². The average molecular weight is 443 g/mol. The van der Waals surface area contributed by atoms with E-state index in [-0.39, 0.29) is 23.8 Å². The summed E-state index contributed by atoms with van der Waals surface area (Å²) in [6.07, 6.45) is 1.34. The molecule has 0 aliphatic carbocycles. The summed E-state index contributed by atoms with van der Waals surface area (Å²) in [5, 5.41) is 19.8. The van der Waals surface area contributed by atoms with Crippen LogP contribution in [0, 0.1) is 0 Å².